The van der Waals surface area contributed by atoms with E-state index in [4.69, 9.17) is 5.73 Å². The van der Waals surface area contributed by atoms with Crippen LogP contribution < -0.4 is 5.73 Å². The highest BCUT2D eigenvalue weighted by atomic mass is 16.1. The normalized spacial score (nSPS) is 8.25. The van der Waals surface area contributed by atoms with Crippen LogP contribution in [0.1, 0.15) is 31.1 Å². The molecular formula is C10H15NO. The van der Waals surface area contributed by atoms with E-state index in [1.54, 1.807) is 24.3 Å². The maximum absolute atomic E-state index is 10.7. The fraction of sp³-hybridized carbons (Fsp3) is 0.300. The highest BCUT2D eigenvalue weighted by Gasteiger charge is 1.95. The van der Waals surface area contributed by atoms with Gasteiger partial charge in [0.1, 0.15) is 0 Å². The lowest BCUT2D eigenvalue weighted by molar-refractivity contribution is 0.101. The van der Waals surface area contributed by atoms with Crippen molar-refractivity contribution in [1.82, 2.24) is 0 Å². The molecule has 0 heterocycles. The molecule has 0 bridgehead atoms. The topological polar surface area (TPSA) is 43.1 Å². The third kappa shape index (κ3) is 3.19. The molecule has 1 aromatic rings. The van der Waals surface area contributed by atoms with Crippen molar-refractivity contribution in [3.05, 3.63) is 29.8 Å². The van der Waals surface area contributed by atoms with E-state index in [2.05, 4.69) is 0 Å². The predicted octanol–water partition coefficient (Wildman–Crippen LogP) is 2.50. The number of hydrogen-bond donors (Lipinski definition) is 1. The number of rotatable bonds is 1. The van der Waals surface area contributed by atoms with Crippen LogP contribution in [0.3, 0.4) is 0 Å². The van der Waals surface area contributed by atoms with Gasteiger partial charge in [0.05, 0.1) is 0 Å². The van der Waals surface area contributed by atoms with Crippen LogP contribution in [-0.4, -0.2) is 5.78 Å². The zero-order valence-corrected chi connectivity index (χ0v) is 7.79. The molecule has 2 nitrogen and oxygen atoms in total. The first-order valence-electron chi connectivity index (χ1n) is 4.06. The second-order valence-electron chi connectivity index (χ2n) is 2.18. The quantitative estimate of drug-likeness (QED) is 0.513. The number of anilines is 1. The van der Waals surface area contributed by atoms with Gasteiger partial charge < -0.3 is 5.73 Å². The Labute approximate surface area is 73.4 Å². The molecule has 0 saturated carbocycles. The minimum atomic E-state index is 0.0694. The average Bonchev–Trinajstić information content (AvgIpc) is 2.09. The van der Waals surface area contributed by atoms with Crippen molar-refractivity contribution in [3.63, 3.8) is 0 Å². The van der Waals surface area contributed by atoms with Gasteiger partial charge >= 0.3 is 0 Å². The highest BCUT2D eigenvalue weighted by molar-refractivity contribution is 5.94. The van der Waals surface area contributed by atoms with Crippen LogP contribution in [0.2, 0.25) is 0 Å². The van der Waals surface area contributed by atoms with Crippen LogP contribution in [0.4, 0.5) is 5.69 Å². The number of hydrogen-bond acceptors (Lipinski definition) is 2. The Morgan fingerprint density at radius 2 is 1.58 bits per heavy atom. The third-order valence-electron chi connectivity index (χ3n) is 1.32. The minimum absolute atomic E-state index is 0.0694. The number of ketones is 1. The molecule has 0 amide bonds. The summed E-state index contributed by atoms with van der Waals surface area (Å²) < 4.78 is 0. The molecule has 0 spiro atoms. The smallest absolute Gasteiger partial charge is 0.159 e. The standard InChI is InChI=1S/C8H9NO.C2H6/c1-6(10)7-2-4-8(9)5-3-7;1-2/h2-5H,9H2,1H3;1-2H3. The maximum Gasteiger partial charge on any atom is 0.159 e. The Bertz CT molecular complexity index is 239. The summed E-state index contributed by atoms with van der Waals surface area (Å²) in [5.41, 5.74) is 6.80. The van der Waals surface area contributed by atoms with Crippen molar-refractivity contribution in [2.45, 2.75) is 20.8 Å². The summed E-state index contributed by atoms with van der Waals surface area (Å²) in [6, 6.07) is 6.88. The van der Waals surface area contributed by atoms with Crippen molar-refractivity contribution >= 4 is 11.5 Å². The number of carbonyl (C=O) groups excluding carboxylic acids is 1. The first-order valence-corrected chi connectivity index (χ1v) is 4.06. The SMILES string of the molecule is CC.CC(=O)c1ccc(N)cc1. The largest absolute Gasteiger partial charge is 0.399 e. The maximum atomic E-state index is 10.7. The van der Waals surface area contributed by atoms with Crippen LogP contribution in [0, 0.1) is 0 Å². The molecule has 0 aliphatic heterocycles. The lowest BCUT2D eigenvalue weighted by Crippen LogP contribution is -1.91. The Balaban J connectivity index is 0.000000561. The minimum Gasteiger partial charge on any atom is -0.399 e. The summed E-state index contributed by atoms with van der Waals surface area (Å²) in [6.07, 6.45) is 0. The van der Waals surface area contributed by atoms with Gasteiger partial charge in [0, 0.05) is 11.3 Å². The van der Waals surface area contributed by atoms with Crippen molar-refractivity contribution in [2.24, 2.45) is 0 Å². The van der Waals surface area contributed by atoms with Gasteiger partial charge in [-0.25, -0.2) is 0 Å². The molecule has 0 atom stereocenters. The van der Waals surface area contributed by atoms with E-state index in [0.717, 1.165) is 0 Å². The molecule has 0 unspecified atom stereocenters. The summed E-state index contributed by atoms with van der Waals surface area (Å²) in [6.45, 7) is 5.53. The molecule has 0 aliphatic rings. The Morgan fingerprint density at radius 1 is 1.17 bits per heavy atom. The van der Waals surface area contributed by atoms with E-state index in [-0.39, 0.29) is 5.78 Å². The van der Waals surface area contributed by atoms with Gasteiger partial charge in [0.15, 0.2) is 5.78 Å². The van der Waals surface area contributed by atoms with Crippen molar-refractivity contribution in [3.8, 4) is 0 Å². The van der Waals surface area contributed by atoms with Gasteiger partial charge in [-0.2, -0.15) is 0 Å². The molecular weight excluding hydrogens is 150 g/mol. The summed E-state index contributed by atoms with van der Waals surface area (Å²) in [5.74, 6) is 0.0694. The van der Waals surface area contributed by atoms with Gasteiger partial charge in [-0.15, -0.1) is 0 Å². The average molecular weight is 165 g/mol. The number of nitrogen functional groups attached to an aromatic ring is 1. The lowest BCUT2D eigenvalue weighted by atomic mass is 10.1. The molecule has 66 valence electrons. The van der Waals surface area contributed by atoms with Gasteiger partial charge in [-0.05, 0) is 31.2 Å². The summed E-state index contributed by atoms with van der Waals surface area (Å²) in [7, 11) is 0. The number of Topliss-reactive ketones (excluding diaryl/α,β-unsaturated/α-hetero) is 1. The van der Waals surface area contributed by atoms with Gasteiger partial charge in [-0.1, -0.05) is 13.8 Å². The number of carbonyl (C=O) groups is 1. The van der Waals surface area contributed by atoms with Crippen LogP contribution >= 0.6 is 0 Å². The molecule has 1 aromatic carbocycles. The van der Waals surface area contributed by atoms with Crippen LogP contribution in [0.5, 0.6) is 0 Å². The fourth-order valence-corrected chi connectivity index (χ4v) is 0.718. The number of nitrogens with two attached hydrogens (primary N) is 1. The predicted molar refractivity (Wildman–Crippen MR) is 52.2 cm³/mol. The Kier molecular flexibility index (Phi) is 4.77. The van der Waals surface area contributed by atoms with Crippen molar-refractivity contribution in [2.75, 3.05) is 5.73 Å². The van der Waals surface area contributed by atoms with Crippen LogP contribution in [0.25, 0.3) is 0 Å². The molecule has 12 heavy (non-hydrogen) atoms. The summed E-state index contributed by atoms with van der Waals surface area (Å²) in [4.78, 5) is 10.7. The molecule has 0 saturated heterocycles. The molecule has 0 radical (unpaired) electrons. The van der Waals surface area contributed by atoms with Crippen molar-refractivity contribution < 1.29 is 4.79 Å². The van der Waals surface area contributed by atoms with E-state index < -0.39 is 0 Å². The first kappa shape index (κ1) is 10.7. The molecule has 2 N–H and O–H groups in total. The highest BCUT2D eigenvalue weighted by Crippen LogP contribution is 2.05. The molecule has 2 heteroatoms. The molecule has 0 aliphatic carbocycles. The van der Waals surface area contributed by atoms with E-state index in [1.807, 2.05) is 13.8 Å². The number of benzene rings is 1. The van der Waals surface area contributed by atoms with Gasteiger partial charge in [0.2, 0.25) is 0 Å². The van der Waals surface area contributed by atoms with Gasteiger partial charge in [0.25, 0.3) is 0 Å². The third-order valence-corrected chi connectivity index (χ3v) is 1.32. The Hall–Kier alpha value is -1.31. The zero-order valence-electron chi connectivity index (χ0n) is 7.79. The van der Waals surface area contributed by atoms with Crippen LogP contribution in [-0.2, 0) is 0 Å². The van der Waals surface area contributed by atoms with Gasteiger partial charge in [-0.3, -0.25) is 4.79 Å². The van der Waals surface area contributed by atoms with Crippen molar-refractivity contribution in [1.29, 1.82) is 0 Å². The molecule has 1 rings (SSSR count). The summed E-state index contributed by atoms with van der Waals surface area (Å²) in [5, 5.41) is 0. The van der Waals surface area contributed by atoms with E-state index >= 15 is 0 Å². The van der Waals surface area contributed by atoms with Crippen LogP contribution in [0.15, 0.2) is 24.3 Å². The molecule has 0 fully saturated rings. The Morgan fingerprint density at radius 3 is 1.92 bits per heavy atom. The monoisotopic (exact) mass is 165 g/mol. The van der Waals surface area contributed by atoms with E-state index in [9.17, 15) is 4.79 Å². The second-order valence-corrected chi connectivity index (χ2v) is 2.18. The fourth-order valence-electron chi connectivity index (χ4n) is 0.718. The first-order chi connectivity index (χ1) is 5.70. The second kappa shape index (κ2) is 5.35. The van der Waals surface area contributed by atoms with E-state index in [0.29, 0.717) is 11.3 Å². The molecule has 0 aromatic heterocycles. The zero-order chi connectivity index (χ0) is 9.56. The lowest BCUT2D eigenvalue weighted by Gasteiger charge is -1.94. The van der Waals surface area contributed by atoms with E-state index in [1.165, 1.54) is 6.92 Å². The summed E-state index contributed by atoms with van der Waals surface area (Å²) >= 11 is 0.